The molecule has 6 heteroatoms. The number of carbonyl (C=O) groups is 1. The van der Waals surface area contributed by atoms with Crippen molar-refractivity contribution in [3.8, 4) is 5.69 Å². The quantitative estimate of drug-likeness (QED) is 0.720. The Balaban J connectivity index is 2.71. The first-order chi connectivity index (χ1) is 10.9. The van der Waals surface area contributed by atoms with Gasteiger partial charge in [0, 0.05) is 5.56 Å². The van der Waals surface area contributed by atoms with Crippen molar-refractivity contribution in [1.82, 2.24) is 9.78 Å². The molecule has 0 spiro atoms. The van der Waals surface area contributed by atoms with Crippen LogP contribution in [0.25, 0.3) is 5.69 Å². The Kier molecular flexibility index (Phi) is 5.71. The van der Waals surface area contributed by atoms with Crippen LogP contribution in [0.1, 0.15) is 42.5 Å². The first kappa shape index (κ1) is 17.8. The second kappa shape index (κ2) is 7.37. The summed E-state index contributed by atoms with van der Waals surface area (Å²) in [6.45, 7) is 8.13. The molecule has 0 atom stereocenters. The summed E-state index contributed by atoms with van der Waals surface area (Å²) in [6, 6.07) is 5.19. The van der Waals surface area contributed by atoms with Crippen molar-refractivity contribution in [3.05, 3.63) is 45.2 Å². The molecule has 0 aliphatic carbocycles. The summed E-state index contributed by atoms with van der Waals surface area (Å²) in [5.74, 6) is -0.0408. The standard InChI is InChI=1S/C17H20Cl2N2O2/c1-5-23-17(22)15-12(9-10(2)3)11(4)20-21(15)16-13(18)7-6-8-14(16)19/h6-8,10H,5,9H2,1-4H3. The number of rotatable bonds is 5. The van der Waals surface area contributed by atoms with E-state index < -0.39 is 5.97 Å². The van der Waals surface area contributed by atoms with Crippen molar-refractivity contribution in [2.24, 2.45) is 5.92 Å². The average molecular weight is 355 g/mol. The summed E-state index contributed by atoms with van der Waals surface area (Å²) >= 11 is 12.6. The fourth-order valence-corrected chi connectivity index (χ4v) is 3.03. The zero-order chi connectivity index (χ0) is 17.1. The normalized spacial score (nSPS) is 11.1. The number of benzene rings is 1. The predicted molar refractivity (Wildman–Crippen MR) is 92.8 cm³/mol. The van der Waals surface area contributed by atoms with Gasteiger partial charge in [0.15, 0.2) is 5.69 Å². The number of aromatic nitrogens is 2. The molecule has 23 heavy (non-hydrogen) atoms. The molecule has 0 amide bonds. The Bertz CT molecular complexity index is 703. The van der Waals surface area contributed by atoms with E-state index in [4.69, 9.17) is 27.9 Å². The van der Waals surface area contributed by atoms with Gasteiger partial charge in [-0.1, -0.05) is 43.1 Å². The van der Waals surface area contributed by atoms with Crippen LogP contribution in [0.2, 0.25) is 10.0 Å². The number of nitrogens with zero attached hydrogens (tertiary/aromatic N) is 2. The Morgan fingerprint density at radius 2 is 1.91 bits per heavy atom. The number of carbonyl (C=O) groups excluding carboxylic acids is 1. The summed E-state index contributed by atoms with van der Waals surface area (Å²) in [6.07, 6.45) is 0.724. The molecule has 0 N–H and O–H groups in total. The fraction of sp³-hybridized carbons (Fsp3) is 0.412. The van der Waals surface area contributed by atoms with Crippen molar-refractivity contribution in [2.45, 2.75) is 34.1 Å². The molecule has 0 unspecified atom stereocenters. The van der Waals surface area contributed by atoms with E-state index in [1.165, 1.54) is 4.68 Å². The van der Waals surface area contributed by atoms with Gasteiger partial charge in [-0.15, -0.1) is 0 Å². The van der Waals surface area contributed by atoms with Crippen LogP contribution in [0.5, 0.6) is 0 Å². The maximum absolute atomic E-state index is 12.5. The molecule has 2 aromatic rings. The lowest BCUT2D eigenvalue weighted by atomic mass is 10.0. The first-order valence-corrected chi connectivity index (χ1v) is 8.32. The van der Waals surface area contributed by atoms with Gasteiger partial charge in [0.1, 0.15) is 5.69 Å². The molecule has 1 aromatic carbocycles. The van der Waals surface area contributed by atoms with Gasteiger partial charge in [0.05, 0.1) is 22.3 Å². The van der Waals surface area contributed by atoms with Gasteiger partial charge in [-0.2, -0.15) is 5.10 Å². The van der Waals surface area contributed by atoms with Crippen LogP contribution in [0.4, 0.5) is 0 Å². The average Bonchev–Trinajstić information content (AvgIpc) is 2.75. The minimum Gasteiger partial charge on any atom is -0.461 e. The molecule has 0 aliphatic heterocycles. The molecule has 0 fully saturated rings. The molecule has 124 valence electrons. The lowest BCUT2D eigenvalue weighted by Crippen LogP contribution is -2.15. The fourth-order valence-electron chi connectivity index (χ4n) is 2.47. The second-order valence-corrected chi connectivity index (χ2v) is 6.53. The van der Waals surface area contributed by atoms with E-state index in [1.807, 2.05) is 6.92 Å². The van der Waals surface area contributed by atoms with Crippen LogP contribution >= 0.6 is 23.2 Å². The van der Waals surface area contributed by atoms with Crippen LogP contribution < -0.4 is 0 Å². The second-order valence-electron chi connectivity index (χ2n) is 5.71. The van der Waals surface area contributed by atoms with Crippen LogP contribution in [-0.2, 0) is 11.2 Å². The molecule has 0 aliphatic rings. The zero-order valence-corrected chi connectivity index (χ0v) is 15.2. The van der Waals surface area contributed by atoms with Gasteiger partial charge in [-0.25, -0.2) is 9.48 Å². The number of hydrogen-bond donors (Lipinski definition) is 0. The Labute approximate surface area is 146 Å². The highest BCUT2D eigenvalue weighted by Gasteiger charge is 2.26. The van der Waals surface area contributed by atoms with Crippen LogP contribution in [0.15, 0.2) is 18.2 Å². The van der Waals surface area contributed by atoms with E-state index in [9.17, 15) is 4.79 Å². The zero-order valence-electron chi connectivity index (χ0n) is 13.7. The molecule has 2 rings (SSSR count). The molecule has 1 heterocycles. The van der Waals surface area contributed by atoms with E-state index in [-0.39, 0.29) is 0 Å². The Morgan fingerprint density at radius 3 is 2.43 bits per heavy atom. The van der Waals surface area contributed by atoms with Crippen molar-refractivity contribution >= 4 is 29.2 Å². The molecule has 0 saturated heterocycles. The lowest BCUT2D eigenvalue weighted by Gasteiger charge is -2.12. The van der Waals surface area contributed by atoms with E-state index in [2.05, 4.69) is 18.9 Å². The summed E-state index contributed by atoms with van der Waals surface area (Å²) < 4.78 is 6.73. The summed E-state index contributed by atoms with van der Waals surface area (Å²) in [5.41, 5.74) is 2.54. The number of halogens is 2. The van der Waals surface area contributed by atoms with Crippen molar-refractivity contribution < 1.29 is 9.53 Å². The molecule has 0 saturated carbocycles. The molecule has 4 nitrogen and oxygen atoms in total. The molecule has 0 radical (unpaired) electrons. The Morgan fingerprint density at radius 1 is 1.30 bits per heavy atom. The summed E-state index contributed by atoms with van der Waals surface area (Å²) in [7, 11) is 0. The molecular weight excluding hydrogens is 335 g/mol. The minimum absolute atomic E-state index is 0.292. The predicted octanol–water partition coefficient (Wildman–Crippen LogP) is 4.86. The van der Waals surface area contributed by atoms with E-state index >= 15 is 0 Å². The highest BCUT2D eigenvalue weighted by molar-refractivity contribution is 6.37. The topological polar surface area (TPSA) is 44.1 Å². The monoisotopic (exact) mass is 354 g/mol. The maximum atomic E-state index is 12.5. The van der Waals surface area contributed by atoms with Crippen LogP contribution in [0.3, 0.4) is 0 Å². The van der Waals surface area contributed by atoms with Crippen molar-refractivity contribution in [2.75, 3.05) is 6.61 Å². The minimum atomic E-state index is -0.417. The van der Waals surface area contributed by atoms with Gasteiger partial charge in [-0.05, 0) is 38.3 Å². The third-order valence-corrected chi connectivity index (χ3v) is 4.02. The summed E-state index contributed by atoms with van der Waals surface area (Å²) in [5, 5.41) is 5.37. The van der Waals surface area contributed by atoms with E-state index in [1.54, 1.807) is 25.1 Å². The third kappa shape index (κ3) is 3.70. The summed E-state index contributed by atoms with van der Waals surface area (Å²) in [4.78, 5) is 12.5. The molecule has 0 bridgehead atoms. The number of esters is 1. The van der Waals surface area contributed by atoms with Crippen molar-refractivity contribution in [1.29, 1.82) is 0 Å². The number of para-hydroxylation sites is 1. The largest absolute Gasteiger partial charge is 0.461 e. The number of aryl methyl sites for hydroxylation is 1. The van der Waals surface area contributed by atoms with Crippen LogP contribution in [0, 0.1) is 12.8 Å². The van der Waals surface area contributed by atoms with Gasteiger partial charge in [0.25, 0.3) is 0 Å². The van der Waals surface area contributed by atoms with E-state index in [0.29, 0.717) is 34.0 Å². The lowest BCUT2D eigenvalue weighted by molar-refractivity contribution is 0.0514. The van der Waals surface area contributed by atoms with Gasteiger partial charge in [-0.3, -0.25) is 0 Å². The Hall–Kier alpha value is -1.52. The van der Waals surface area contributed by atoms with E-state index in [0.717, 1.165) is 17.7 Å². The van der Waals surface area contributed by atoms with Gasteiger partial charge >= 0.3 is 5.97 Å². The van der Waals surface area contributed by atoms with Crippen molar-refractivity contribution in [3.63, 3.8) is 0 Å². The van der Waals surface area contributed by atoms with Gasteiger partial charge in [0.2, 0.25) is 0 Å². The first-order valence-electron chi connectivity index (χ1n) is 7.56. The SMILES string of the molecule is CCOC(=O)c1c(CC(C)C)c(C)nn1-c1c(Cl)cccc1Cl. The number of ether oxygens (including phenoxy) is 1. The third-order valence-electron chi connectivity index (χ3n) is 3.41. The smallest absolute Gasteiger partial charge is 0.357 e. The number of hydrogen-bond acceptors (Lipinski definition) is 3. The highest BCUT2D eigenvalue weighted by Crippen LogP contribution is 2.31. The van der Waals surface area contributed by atoms with Gasteiger partial charge < -0.3 is 4.74 Å². The highest BCUT2D eigenvalue weighted by atomic mass is 35.5. The maximum Gasteiger partial charge on any atom is 0.357 e. The molecular formula is C17H20Cl2N2O2. The van der Waals surface area contributed by atoms with Crippen LogP contribution in [-0.4, -0.2) is 22.4 Å². The molecule has 1 aromatic heterocycles.